The number of benzene rings is 1. The fourth-order valence-electron chi connectivity index (χ4n) is 1.07. The van der Waals surface area contributed by atoms with Gasteiger partial charge in [-0.3, -0.25) is 0 Å². The molecule has 0 saturated heterocycles. The number of urea groups is 1. The van der Waals surface area contributed by atoms with Crippen molar-refractivity contribution in [2.24, 2.45) is 10.8 Å². The lowest BCUT2D eigenvalue weighted by Crippen LogP contribution is -2.25. The van der Waals surface area contributed by atoms with E-state index in [4.69, 9.17) is 5.73 Å². The zero-order chi connectivity index (χ0) is 12.0. The Hall–Kier alpha value is -2.10. The van der Waals surface area contributed by atoms with Gasteiger partial charge in [-0.15, -0.1) is 0 Å². The van der Waals surface area contributed by atoms with Crippen LogP contribution in [0.2, 0.25) is 0 Å². The second-order valence-corrected chi connectivity index (χ2v) is 3.47. The van der Waals surface area contributed by atoms with Crippen molar-refractivity contribution < 1.29 is 4.79 Å². The molecule has 0 aliphatic carbocycles. The predicted octanol–water partition coefficient (Wildman–Crippen LogP) is 2.05. The van der Waals surface area contributed by atoms with Gasteiger partial charge in [0.05, 0.1) is 5.71 Å². The number of hydrazone groups is 1. The first-order valence-corrected chi connectivity index (χ1v) is 4.92. The molecule has 0 bridgehead atoms. The van der Waals surface area contributed by atoms with E-state index in [1.807, 2.05) is 37.3 Å². The van der Waals surface area contributed by atoms with Crippen molar-refractivity contribution in [3.05, 3.63) is 41.5 Å². The number of nitrogens with two attached hydrogens (primary N) is 1. The minimum absolute atomic E-state index is 0.664. The number of nitrogens with zero attached hydrogens (tertiary/aromatic N) is 1. The maximum atomic E-state index is 10.4. The maximum absolute atomic E-state index is 10.4. The van der Waals surface area contributed by atoms with Crippen LogP contribution in [0, 0.1) is 6.92 Å². The zero-order valence-electron chi connectivity index (χ0n) is 9.40. The number of nitrogens with one attached hydrogen (secondary N) is 1. The first kappa shape index (κ1) is 12.0. The molecular formula is C12H15N3O. The second-order valence-electron chi connectivity index (χ2n) is 3.47. The molecule has 4 heteroatoms. The van der Waals surface area contributed by atoms with Gasteiger partial charge in [0.15, 0.2) is 0 Å². The van der Waals surface area contributed by atoms with Gasteiger partial charge in [0, 0.05) is 0 Å². The van der Waals surface area contributed by atoms with E-state index in [2.05, 4.69) is 10.5 Å². The molecule has 0 aliphatic rings. The van der Waals surface area contributed by atoms with Crippen LogP contribution in [0.4, 0.5) is 4.79 Å². The quantitative estimate of drug-likeness (QED) is 0.590. The molecule has 1 aromatic rings. The highest BCUT2D eigenvalue weighted by Gasteiger charge is 1.89. The molecule has 0 aromatic heterocycles. The average Bonchev–Trinajstić information content (AvgIpc) is 2.25. The zero-order valence-corrected chi connectivity index (χ0v) is 9.40. The highest BCUT2D eigenvalue weighted by molar-refractivity contribution is 5.96. The Morgan fingerprint density at radius 3 is 2.56 bits per heavy atom. The molecule has 16 heavy (non-hydrogen) atoms. The van der Waals surface area contributed by atoms with Crippen LogP contribution in [0.5, 0.6) is 0 Å². The van der Waals surface area contributed by atoms with Crippen molar-refractivity contribution in [1.82, 2.24) is 5.43 Å². The minimum Gasteiger partial charge on any atom is -0.350 e. The minimum atomic E-state index is -0.664. The lowest BCUT2D eigenvalue weighted by Gasteiger charge is -1.96. The third-order valence-corrected chi connectivity index (χ3v) is 1.94. The first-order chi connectivity index (χ1) is 7.58. The Morgan fingerprint density at radius 2 is 2.00 bits per heavy atom. The van der Waals surface area contributed by atoms with E-state index in [0.717, 1.165) is 5.56 Å². The summed E-state index contributed by atoms with van der Waals surface area (Å²) in [4.78, 5) is 10.4. The molecule has 0 fully saturated rings. The van der Waals surface area contributed by atoms with Gasteiger partial charge >= 0.3 is 6.03 Å². The number of amides is 2. The Bertz CT molecular complexity index is 418. The van der Waals surface area contributed by atoms with Crippen molar-refractivity contribution in [3.63, 3.8) is 0 Å². The molecule has 2 amide bonds. The maximum Gasteiger partial charge on any atom is 0.332 e. The predicted molar refractivity (Wildman–Crippen MR) is 66.0 cm³/mol. The molecule has 0 saturated carbocycles. The largest absolute Gasteiger partial charge is 0.350 e. The van der Waals surface area contributed by atoms with Crippen molar-refractivity contribution in [1.29, 1.82) is 0 Å². The monoisotopic (exact) mass is 217 g/mol. The van der Waals surface area contributed by atoms with Crippen molar-refractivity contribution >= 4 is 17.8 Å². The number of hydrogen-bond acceptors (Lipinski definition) is 2. The number of allylic oxidation sites excluding steroid dienone is 1. The summed E-state index contributed by atoms with van der Waals surface area (Å²) in [6, 6.07) is 7.44. The van der Waals surface area contributed by atoms with Crippen LogP contribution in [0.15, 0.2) is 35.4 Å². The van der Waals surface area contributed by atoms with Gasteiger partial charge in [0.2, 0.25) is 0 Å². The molecule has 84 valence electrons. The standard InChI is InChI=1S/C12H15N3O/c1-9-3-6-11(7-4-9)8-5-10(2)14-15-12(13)16/h3-8H,1-2H3,(H3,13,15,16)/b8-5+,14-10+. The molecule has 0 atom stereocenters. The fourth-order valence-corrected chi connectivity index (χ4v) is 1.07. The Labute approximate surface area is 94.8 Å². The smallest absolute Gasteiger partial charge is 0.332 e. The molecule has 0 spiro atoms. The van der Waals surface area contributed by atoms with Gasteiger partial charge in [-0.1, -0.05) is 35.9 Å². The number of primary amides is 1. The van der Waals surface area contributed by atoms with E-state index in [1.165, 1.54) is 5.56 Å². The Morgan fingerprint density at radius 1 is 1.38 bits per heavy atom. The van der Waals surface area contributed by atoms with Gasteiger partial charge in [0.25, 0.3) is 0 Å². The van der Waals surface area contributed by atoms with Crippen molar-refractivity contribution in [2.45, 2.75) is 13.8 Å². The van der Waals surface area contributed by atoms with Gasteiger partial charge in [-0.25, -0.2) is 10.2 Å². The topological polar surface area (TPSA) is 67.5 Å². The molecule has 1 aromatic carbocycles. The second kappa shape index (κ2) is 5.70. The van der Waals surface area contributed by atoms with Crippen LogP contribution >= 0.6 is 0 Å². The van der Waals surface area contributed by atoms with Gasteiger partial charge < -0.3 is 5.73 Å². The van der Waals surface area contributed by atoms with E-state index in [9.17, 15) is 4.79 Å². The number of carbonyl (C=O) groups is 1. The third kappa shape index (κ3) is 4.41. The van der Waals surface area contributed by atoms with Crippen LogP contribution in [0.1, 0.15) is 18.1 Å². The molecule has 0 radical (unpaired) electrons. The molecular weight excluding hydrogens is 202 g/mol. The molecule has 3 N–H and O–H groups in total. The van der Waals surface area contributed by atoms with Gasteiger partial charge in [-0.05, 0) is 25.5 Å². The summed E-state index contributed by atoms with van der Waals surface area (Å²) in [5, 5.41) is 3.76. The SMILES string of the molecule is CC(/C=C/c1ccc(C)cc1)=N\NC(N)=O. The fraction of sp³-hybridized carbons (Fsp3) is 0.167. The van der Waals surface area contributed by atoms with Gasteiger partial charge in [-0.2, -0.15) is 5.10 Å². The van der Waals surface area contributed by atoms with Gasteiger partial charge in [0.1, 0.15) is 0 Å². The molecule has 4 nitrogen and oxygen atoms in total. The van der Waals surface area contributed by atoms with Crippen molar-refractivity contribution in [2.75, 3.05) is 0 Å². The van der Waals surface area contributed by atoms with Crippen LogP contribution in [0.25, 0.3) is 6.08 Å². The third-order valence-electron chi connectivity index (χ3n) is 1.94. The van der Waals surface area contributed by atoms with E-state index < -0.39 is 6.03 Å². The summed E-state index contributed by atoms with van der Waals surface area (Å²) in [5.74, 6) is 0. The number of aryl methyl sites for hydroxylation is 1. The number of carbonyl (C=O) groups excluding carboxylic acids is 1. The van der Waals surface area contributed by atoms with Crippen LogP contribution < -0.4 is 11.2 Å². The Balaban J connectivity index is 2.62. The van der Waals surface area contributed by atoms with Crippen molar-refractivity contribution in [3.8, 4) is 0 Å². The average molecular weight is 217 g/mol. The molecule has 1 rings (SSSR count). The van der Waals surface area contributed by atoms with Crippen LogP contribution in [-0.4, -0.2) is 11.7 Å². The highest BCUT2D eigenvalue weighted by Crippen LogP contribution is 2.04. The normalized spacial score (nSPS) is 11.8. The van der Waals surface area contributed by atoms with Crippen LogP contribution in [-0.2, 0) is 0 Å². The summed E-state index contributed by atoms with van der Waals surface area (Å²) in [5.41, 5.74) is 10.0. The first-order valence-electron chi connectivity index (χ1n) is 4.92. The summed E-state index contributed by atoms with van der Waals surface area (Å²) in [6.45, 7) is 3.82. The lowest BCUT2D eigenvalue weighted by molar-refractivity contribution is 0.249. The molecule has 0 heterocycles. The molecule has 0 aliphatic heterocycles. The number of hydrogen-bond donors (Lipinski definition) is 2. The summed E-state index contributed by atoms with van der Waals surface area (Å²) in [6.07, 6.45) is 3.72. The lowest BCUT2D eigenvalue weighted by atomic mass is 10.1. The highest BCUT2D eigenvalue weighted by atomic mass is 16.2. The van der Waals surface area contributed by atoms with E-state index in [1.54, 1.807) is 13.0 Å². The van der Waals surface area contributed by atoms with E-state index in [-0.39, 0.29) is 0 Å². The van der Waals surface area contributed by atoms with E-state index in [0.29, 0.717) is 5.71 Å². The summed E-state index contributed by atoms with van der Waals surface area (Å²) < 4.78 is 0. The van der Waals surface area contributed by atoms with Crippen LogP contribution in [0.3, 0.4) is 0 Å². The summed E-state index contributed by atoms with van der Waals surface area (Å²) in [7, 11) is 0. The number of rotatable bonds is 3. The molecule has 0 unspecified atom stereocenters. The van der Waals surface area contributed by atoms with E-state index >= 15 is 0 Å². The Kier molecular flexibility index (Phi) is 4.27. The summed E-state index contributed by atoms with van der Waals surface area (Å²) >= 11 is 0.